The number of aliphatic hydroxyl groups is 1. The Labute approximate surface area is 152 Å². The van der Waals surface area contributed by atoms with E-state index in [0.717, 1.165) is 5.56 Å². The van der Waals surface area contributed by atoms with E-state index in [1.54, 1.807) is 38.1 Å². The molecule has 2 aromatic rings. The first-order chi connectivity index (χ1) is 12.5. The molecule has 0 spiro atoms. The lowest BCUT2D eigenvalue weighted by Crippen LogP contribution is -2.50. The molecule has 26 heavy (non-hydrogen) atoms. The van der Waals surface area contributed by atoms with Gasteiger partial charge in [0.15, 0.2) is 6.23 Å². The molecule has 3 atom stereocenters. The zero-order valence-electron chi connectivity index (χ0n) is 14.8. The van der Waals surface area contributed by atoms with Crippen LogP contribution in [0.5, 0.6) is 0 Å². The van der Waals surface area contributed by atoms with Gasteiger partial charge in [-0.1, -0.05) is 48.5 Å². The highest BCUT2D eigenvalue weighted by Crippen LogP contribution is 2.33. The van der Waals surface area contributed by atoms with E-state index in [4.69, 9.17) is 4.74 Å². The monoisotopic (exact) mass is 354 g/mol. The number of carbonyl (C=O) groups is 2. The van der Waals surface area contributed by atoms with Gasteiger partial charge in [-0.25, -0.2) is 4.79 Å². The van der Waals surface area contributed by atoms with E-state index in [2.05, 4.69) is 5.32 Å². The van der Waals surface area contributed by atoms with Crippen molar-refractivity contribution in [1.29, 1.82) is 0 Å². The summed E-state index contributed by atoms with van der Waals surface area (Å²) in [6, 6.07) is 15.6. The summed E-state index contributed by atoms with van der Waals surface area (Å²) in [7, 11) is 0. The zero-order valence-corrected chi connectivity index (χ0v) is 14.8. The maximum absolute atomic E-state index is 12.6. The van der Waals surface area contributed by atoms with Gasteiger partial charge in [-0.05, 0) is 25.5 Å². The van der Waals surface area contributed by atoms with Gasteiger partial charge < -0.3 is 20.1 Å². The molecule has 0 fully saturated rings. The number of hydrogen-bond acceptors (Lipinski definition) is 4. The van der Waals surface area contributed by atoms with Gasteiger partial charge >= 0.3 is 6.09 Å². The topological polar surface area (TPSA) is 78.9 Å². The Hall–Kier alpha value is -2.86. The number of nitrogens with zero attached hydrogens (tertiary/aromatic N) is 1. The second-order valence-corrected chi connectivity index (χ2v) is 6.41. The molecule has 1 heterocycles. The number of hydrogen-bond donors (Lipinski definition) is 2. The summed E-state index contributed by atoms with van der Waals surface area (Å²) < 4.78 is 5.21. The van der Waals surface area contributed by atoms with Gasteiger partial charge in [-0.2, -0.15) is 0 Å². The molecule has 2 amide bonds. The van der Waals surface area contributed by atoms with Crippen molar-refractivity contribution in [2.45, 2.75) is 38.8 Å². The van der Waals surface area contributed by atoms with Crippen LogP contribution < -0.4 is 5.32 Å². The molecule has 1 aliphatic rings. The maximum atomic E-state index is 12.6. The number of benzene rings is 2. The van der Waals surface area contributed by atoms with Gasteiger partial charge in [-0.15, -0.1) is 0 Å². The Bertz CT molecular complexity index is 793. The third kappa shape index (κ3) is 3.55. The van der Waals surface area contributed by atoms with E-state index in [0.29, 0.717) is 11.1 Å². The summed E-state index contributed by atoms with van der Waals surface area (Å²) in [5.74, 6) is -0.244. The van der Waals surface area contributed by atoms with Crippen molar-refractivity contribution in [3.05, 3.63) is 71.3 Å². The molecule has 0 saturated heterocycles. The molecule has 1 aliphatic heterocycles. The van der Waals surface area contributed by atoms with Crippen LogP contribution in [0.25, 0.3) is 0 Å². The van der Waals surface area contributed by atoms with Crippen LogP contribution >= 0.6 is 0 Å². The molecule has 0 saturated carbocycles. The highest BCUT2D eigenvalue weighted by molar-refractivity contribution is 5.99. The normalized spacial score (nSPS) is 18.2. The van der Waals surface area contributed by atoms with Crippen LogP contribution in [0.2, 0.25) is 0 Å². The lowest BCUT2D eigenvalue weighted by Gasteiger charge is -2.32. The van der Waals surface area contributed by atoms with E-state index in [9.17, 15) is 14.7 Å². The lowest BCUT2D eigenvalue weighted by molar-refractivity contribution is -0.00627. The number of rotatable bonds is 5. The SMILES string of the molecule is CC([C@H](C)NC(=O)OCc1ccccc1)N1C(=O)c2ccccc2C1O. The van der Waals surface area contributed by atoms with Crippen LogP contribution in [0.4, 0.5) is 4.79 Å². The Morgan fingerprint density at radius 1 is 1.15 bits per heavy atom. The summed E-state index contributed by atoms with van der Waals surface area (Å²) in [5.41, 5.74) is 1.97. The average molecular weight is 354 g/mol. The Kier molecular flexibility index (Phi) is 5.23. The van der Waals surface area contributed by atoms with Crippen molar-refractivity contribution in [2.75, 3.05) is 0 Å². The smallest absolute Gasteiger partial charge is 0.407 e. The van der Waals surface area contributed by atoms with Crippen molar-refractivity contribution >= 4 is 12.0 Å². The maximum Gasteiger partial charge on any atom is 0.407 e. The van der Waals surface area contributed by atoms with Crippen LogP contribution in [-0.2, 0) is 11.3 Å². The van der Waals surface area contributed by atoms with Gasteiger partial charge in [0.2, 0.25) is 0 Å². The minimum atomic E-state index is -1.02. The zero-order chi connectivity index (χ0) is 18.7. The van der Waals surface area contributed by atoms with Crippen molar-refractivity contribution in [1.82, 2.24) is 10.2 Å². The van der Waals surface area contributed by atoms with Crippen LogP contribution in [0.15, 0.2) is 54.6 Å². The molecule has 2 N–H and O–H groups in total. The number of nitrogens with one attached hydrogen (secondary N) is 1. The first-order valence-corrected chi connectivity index (χ1v) is 8.56. The number of fused-ring (bicyclic) bond motifs is 1. The molecule has 0 aliphatic carbocycles. The molecule has 0 bridgehead atoms. The molecule has 2 aromatic carbocycles. The molecule has 6 heteroatoms. The van der Waals surface area contributed by atoms with Crippen LogP contribution in [0.1, 0.15) is 41.6 Å². The van der Waals surface area contributed by atoms with E-state index in [1.165, 1.54) is 4.90 Å². The van der Waals surface area contributed by atoms with E-state index >= 15 is 0 Å². The Morgan fingerprint density at radius 3 is 2.50 bits per heavy atom. The minimum Gasteiger partial charge on any atom is -0.445 e. The van der Waals surface area contributed by atoms with Gasteiger partial charge in [-0.3, -0.25) is 4.79 Å². The van der Waals surface area contributed by atoms with Crippen molar-refractivity contribution in [2.24, 2.45) is 0 Å². The third-order valence-corrected chi connectivity index (χ3v) is 4.69. The molecule has 2 unspecified atom stereocenters. The summed E-state index contributed by atoms with van der Waals surface area (Å²) in [4.78, 5) is 26.0. The summed E-state index contributed by atoms with van der Waals surface area (Å²) in [6.07, 6.45) is -1.58. The van der Waals surface area contributed by atoms with E-state index < -0.39 is 24.4 Å². The van der Waals surface area contributed by atoms with Gasteiger partial charge in [0.05, 0.1) is 6.04 Å². The highest BCUT2D eigenvalue weighted by atomic mass is 16.5. The minimum absolute atomic E-state index is 0.171. The number of carbonyl (C=O) groups excluding carboxylic acids is 2. The molecule has 6 nitrogen and oxygen atoms in total. The molecular formula is C20H22N2O4. The largest absolute Gasteiger partial charge is 0.445 e. The van der Waals surface area contributed by atoms with E-state index in [-0.39, 0.29) is 12.5 Å². The fourth-order valence-corrected chi connectivity index (χ4v) is 3.04. The second kappa shape index (κ2) is 7.58. The number of alkyl carbamates (subject to hydrolysis) is 1. The van der Waals surface area contributed by atoms with Gasteiger partial charge in [0.25, 0.3) is 5.91 Å². The first-order valence-electron chi connectivity index (χ1n) is 8.56. The van der Waals surface area contributed by atoms with Crippen LogP contribution in [-0.4, -0.2) is 34.1 Å². The Balaban J connectivity index is 1.59. The summed E-state index contributed by atoms with van der Waals surface area (Å²) in [5, 5.41) is 13.2. The Morgan fingerprint density at radius 2 is 1.81 bits per heavy atom. The standard InChI is InChI=1S/C20H22N2O4/c1-13(21-20(25)26-12-15-8-4-3-5-9-15)14(2)22-18(23)16-10-6-7-11-17(16)19(22)24/h3-11,13-14,18,23H,12H2,1-2H3,(H,21,25)/t13-,14?,18?/m0/s1. The molecule has 3 rings (SSSR count). The number of aliphatic hydroxyl groups excluding tert-OH is 1. The van der Waals surface area contributed by atoms with Crippen molar-refractivity contribution < 1.29 is 19.4 Å². The van der Waals surface area contributed by atoms with Crippen molar-refractivity contribution in [3.8, 4) is 0 Å². The van der Waals surface area contributed by atoms with E-state index in [1.807, 2.05) is 30.3 Å². The first kappa shape index (κ1) is 17.9. The predicted octanol–water partition coefficient (Wildman–Crippen LogP) is 2.84. The van der Waals surface area contributed by atoms with Crippen molar-refractivity contribution in [3.63, 3.8) is 0 Å². The summed E-state index contributed by atoms with van der Waals surface area (Å²) >= 11 is 0. The molecule has 0 aromatic heterocycles. The highest BCUT2D eigenvalue weighted by Gasteiger charge is 2.39. The quantitative estimate of drug-likeness (QED) is 0.865. The fourth-order valence-electron chi connectivity index (χ4n) is 3.04. The van der Waals surface area contributed by atoms with Gasteiger partial charge in [0, 0.05) is 17.2 Å². The number of ether oxygens (including phenoxy) is 1. The predicted molar refractivity (Wildman–Crippen MR) is 96.3 cm³/mol. The summed E-state index contributed by atoms with van der Waals surface area (Å²) in [6.45, 7) is 3.73. The molecular weight excluding hydrogens is 332 g/mol. The third-order valence-electron chi connectivity index (χ3n) is 4.69. The fraction of sp³-hybridized carbons (Fsp3) is 0.300. The number of amides is 2. The lowest BCUT2D eigenvalue weighted by atomic mass is 10.1. The van der Waals surface area contributed by atoms with Crippen LogP contribution in [0, 0.1) is 0 Å². The molecule has 136 valence electrons. The van der Waals surface area contributed by atoms with Crippen LogP contribution in [0.3, 0.4) is 0 Å². The van der Waals surface area contributed by atoms with Gasteiger partial charge in [0.1, 0.15) is 6.61 Å². The second-order valence-electron chi connectivity index (χ2n) is 6.41. The average Bonchev–Trinajstić information content (AvgIpc) is 2.91. The molecule has 0 radical (unpaired) electrons.